The lowest BCUT2D eigenvalue weighted by atomic mass is 10.2. The van der Waals surface area contributed by atoms with Crippen molar-refractivity contribution in [3.63, 3.8) is 0 Å². The fourth-order valence-corrected chi connectivity index (χ4v) is 1.75. The highest BCUT2D eigenvalue weighted by atomic mass is 32.1. The van der Waals surface area contributed by atoms with Gasteiger partial charge >= 0.3 is 0 Å². The third-order valence-corrected chi connectivity index (χ3v) is 2.56. The zero-order valence-electron chi connectivity index (χ0n) is 8.99. The number of carbonyl (C=O) groups is 1. The van der Waals surface area contributed by atoms with Crippen LogP contribution in [0.25, 0.3) is 0 Å². The van der Waals surface area contributed by atoms with E-state index in [0.717, 1.165) is 11.3 Å². The molecule has 0 unspecified atom stereocenters. The number of thiazole rings is 1. The molecule has 5 heteroatoms. The predicted octanol–water partition coefficient (Wildman–Crippen LogP) is 1.30. The lowest BCUT2D eigenvalue weighted by Gasteiger charge is -2.16. The summed E-state index contributed by atoms with van der Waals surface area (Å²) in [5, 5.41) is 2.31. The van der Waals surface area contributed by atoms with Crippen molar-refractivity contribution in [2.75, 3.05) is 19.3 Å². The number of carbonyl (C=O) groups excluding carboxylic acids is 1. The Labute approximate surface area is 93.4 Å². The predicted molar refractivity (Wildman–Crippen MR) is 62.7 cm³/mol. The van der Waals surface area contributed by atoms with Crippen molar-refractivity contribution >= 4 is 22.4 Å². The number of anilines is 1. The van der Waals surface area contributed by atoms with Crippen molar-refractivity contribution in [2.24, 2.45) is 0 Å². The second kappa shape index (κ2) is 4.93. The van der Waals surface area contributed by atoms with E-state index in [1.165, 1.54) is 11.3 Å². The van der Waals surface area contributed by atoms with Gasteiger partial charge in [0.1, 0.15) is 0 Å². The Kier molecular flexibility index (Phi) is 3.85. The molecule has 0 saturated heterocycles. The number of aromatic nitrogens is 1. The van der Waals surface area contributed by atoms with Gasteiger partial charge in [0, 0.05) is 19.0 Å². The van der Waals surface area contributed by atoms with Crippen LogP contribution < -0.4 is 5.73 Å². The second-order valence-corrected chi connectivity index (χ2v) is 4.45. The summed E-state index contributed by atoms with van der Waals surface area (Å²) in [5.74, 6) is 0.0308. The molecule has 1 aromatic heterocycles. The van der Waals surface area contributed by atoms with Gasteiger partial charge in [-0.3, -0.25) is 4.79 Å². The number of likely N-dealkylation sites (N-methyl/N-ethyl adjacent to an activating group) is 1. The molecule has 2 N–H and O–H groups in total. The number of hydrogen-bond donors (Lipinski definition) is 1. The number of amides is 1. The summed E-state index contributed by atoms with van der Waals surface area (Å²) in [4.78, 5) is 17.3. The number of nitrogen functional groups attached to an aromatic ring is 1. The summed E-state index contributed by atoms with van der Waals surface area (Å²) in [6.45, 7) is 6.24. The zero-order chi connectivity index (χ0) is 11.4. The highest BCUT2D eigenvalue weighted by molar-refractivity contribution is 7.13. The molecule has 0 fully saturated rings. The Morgan fingerprint density at radius 1 is 1.73 bits per heavy atom. The minimum absolute atomic E-state index is 0.0308. The van der Waals surface area contributed by atoms with Gasteiger partial charge in [-0.2, -0.15) is 0 Å². The molecular formula is C10H15N3OS. The number of nitrogens with zero attached hydrogens (tertiary/aromatic N) is 2. The van der Waals surface area contributed by atoms with Crippen molar-refractivity contribution < 1.29 is 4.79 Å². The molecule has 15 heavy (non-hydrogen) atoms. The molecule has 0 aliphatic rings. The van der Waals surface area contributed by atoms with Gasteiger partial charge in [0.2, 0.25) is 5.91 Å². The highest BCUT2D eigenvalue weighted by Gasteiger charge is 2.11. The van der Waals surface area contributed by atoms with Gasteiger partial charge in [0.05, 0.1) is 12.1 Å². The topological polar surface area (TPSA) is 59.2 Å². The van der Waals surface area contributed by atoms with E-state index in [9.17, 15) is 4.79 Å². The quantitative estimate of drug-likeness (QED) is 0.786. The molecule has 1 amide bonds. The van der Waals surface area contributed by atoms with Crippen molar-refractivity contribution in [1.29, 1.82) is 0 Å². The third-order valence-electron chi connectivity index (χ3n) is 1.83. The Balaban J connectivity index is 2.52. The van der Waals surface area contributed by atoms with Gasteiger partial charge in [0.25, 0.3) is 0 Å². The van der Waals surface area contributed by atoms with E-state index in [1.807, 2.05) is 12.3 Å². The van der Waals surface area contributed by atoms with Gasteiger partial charge in [-0.15, -0.1) is 11.3 Å². The fraction of sp³-hybridized carbons (Fsp3) is 0.400. The molecule has 1 aromatic rings. The molecule has 0 atom stereocenters. The van der Waals surface area contributed by atoms with Gasteiger partial charge in [-0.1, -0.05) is 12.2 Å². The first-order valence-corrected chi connectivity index (χ1v) is 5.45. The molecule has 0 bridgehead atoms. The van der Waals surface area contributed by atoms with Crippen molar-refractivity contribution in [3.8, 4) is 0 Å². The Hall–Kier alpha value is -1.36. The molecule has 0 aliphatic carbocycles. The highest BCUT2D eigenvalue weighted by Crippen LogP contribution is 2.12. The van der Waals surface area contributed by atoms with Crippen LogP contribution in [0.5, 0.6) is 0 Å². The van der Waals surface area contributed by atoms with Crippen molar-refractivity contribution in [3.05, 3.63) is 23.2 Å². The lowest BCUT2D eigenvalue weighted by molar-refractivity contribution is -0.128. The van der Waals surface area contributed by atoms with Crippen LogP contribution in [0.1, 0.15) is 12.6 Å². The summed E-state index contributed by atoms with van der Waals surface area (Å²) in [6.07, 6.45) is 0.303. The first-order chi connectivity index (χ1) is 6.99. The van der Waals surface area contributed by atoms with E-state index >= 15 is 0 Å². The van der Waals surface area contributed by atoms with Crippen LogP contribution in [-0.2, 0) is 11.2 Å². The minimum atomic E-state index is 0.0308. The normalized spacial score (nSPS) is 10.0. The molecule has 1 heterocycles. The fourth-order valence-electron chi connectivity index (χ4n) is 1.19. The van der Waals surface area contributed by atoms with Crippen LogP contribution >= 0.6 is 11.3 Å². The summed E-state index contributed by atoms with van der Waals surface area (Å²) >= 11 is 1.35. The van der Waals surface area contributed by atoms with Crippen molar-refractivity contribution in [2.45, 2.75) is 13.3 Å². The maximum atomic E-state index is 11.7. The molecule has 4 nitrogen and oxygen atoms in total. The minimum Gasteiger partial charge on any atom is -0.375 e. The van der Waals surface area contributed by atoms with Gasteiger partial charge in [0.15, 0.2) is 5.13 Å². The molecule has 82 valence electrons. The van der Waals surface area contributed by atoms with Crippen LogP contribution in [0.4, 0.5) is 5.13 Å². The van der Waals surface area contributed by atoms with E-state index in [2.05, 4.69) is 11.6 Å². The second-order valence-electron chi connectivity index (χ2n) is 3.56. The van der Waals surface area contributed by atoms with E-state index < -0.39 is 0 Å². The molecular weight excluding hydrogens is 210 g/mol. The summed E-state index contributed by atoms with van der Waals surface area (Å²) in [7, 11) is 1.76. The van der Waals surface area contributed by atoms with Crippen LogP contribution in [0.2, 0.25) is 0 Å². The Morgan fingerprint density at radius 2 is 2.40 bits per heavy atom. The third kappa shape index (κ3) is 3.71. The number of rotatable bonds is 4. The molecule has 0 saturated carbocycles. The molecule has 0 aliphatic heterocycles. The summed E-state index contributed by atoms with van der Waals surface area (Å²) in [6, 6.07) is 0. The first-order valence-electron chi connectivity index (χ1n) is 4.57. The Morgan fingerprint density at radius 3 is 2.87 bits per heavy atom. The summed E-state index contributed by atoms with van der Waals surface area (Å²) < 4.78 is 0. The van der Waals surface area contributed by atoms with Crippen LogP contribution in [-0.4, -0.2) is 29.4 Å². The van der Waals surface area contributed by atoms with Crippen molar-refractivity contribution in [1.82, 2.24) is 9.88 Å². The number of hydrogen-bond acceptors (Lipinski definition) is 4. The van der Waals surface area contributed by atoms with E-state index in [4.69, 9.17) is 5.73 Å². The molecule has 1 rings (SSSR count). The smallest absolute Gasteiger partial charge is 0.228 e. The largest absolute Gasteiger partial charge is 0.375 e. The number of nitrogens with two attached hydrogens (primary N) is 1. The van der Waals surface area contributed by atoms with Gasteiger partial charge in [-0.05, 0) is 6.92 Å². The first kappa shape index (κ1) is 11.7. The Bertz CT molecular complexity index is 372. The SMILES string of the molecule is C=C(C)CN(C)C(=O)Cc1csc(N)n1. The van der Waals surface area contributed by atoms with E-state index in [1.54, 1.807) is 11.9 Å². The maximum Gasteiger partial charge on any atom is 0.228 e. The van der Waals surface area contributed by atoms with Crippen LogP contribution in [0.3, 0.4) is 0 Å². The molecule has 0 spiro atoms. The van der Waals surface area contributed by atoms with Gasteiger partial charge in [-0.25, -0.2) is 4.98 Å². The van der Waals surface area contributed by atoms with E-state index in [-0.39, 0.29) is 5.91 Å². The van der Waals surface area contributed by atoms with Crippen LogP contribution in [0, 0.1) is 0 Å². The van der Waals surface area contributed by atoms with Gasteiger partial charge < -0.3 is 10.6 Å². The maximum absolute atomic E-state index is 11.7. The average molecular weight is 225 g/mol. The zero-order valence-corrected chi connectivity index (χ0v) is 9.80. The average Bonchev–Trinajstić information content (AvgIpc) is 2.50. The summed E-state index contributed by atoms with van der Waals surface area (Å²) in [5.41, 5.74) is 7.17. The lowest BCUT2D eigenvalue weighted by Crippen LogP contribution is -2.29. The molecule has 0 radical (unpaired) electrons. The molecule has 0 aromatic carbocycles. The standard InChI is InChI=1S/C10H15N3OS/c1-7(2)5-13(3)9(14)4-8-6-15-10(11)12-8/h6H,1,4-5H2,2-3H3,(H2,11,12). The monoisotopic (exact) mass is 225 g/mol. The van der Waals surface area contributed by atoms with E-state index in [0.29, 0.717) is 18.1 Å². The van der Waals surface area contributed by atoms with Crippen LogP contribution in [0.15, 0.2) is 17.5 Å².